The summed E-state index contributed by atoms with van der Waals surface area (Å²) in [5, 5.41) is 6.86. The quantitative estimate of drug-likeness (QED) is 0.864. The van der Waals surface area contributed by atoms with Crippen LogP contribution in [0.2, 0.25) is 0 Å². The molecule has 2 aromatic heterocycles. The number of nitrogens with zero attached hydrogens (tertiary/aromatic N) is 3. The van der Waals surface area contributed by atoms with E-state index in [2.05, 4.69) is 20.4 Å². The van der Waals surface area contributed by atoms with E-state index in [0.717, 1.165) is 37.4 Å². The number of aromatic nitrogens is 2. The molecule has 0 bridgehead atoms. The first-order valence-corrected chi connectivity index (χ1v) is 8.61. The van der Waals surface area contributed by atoms with E-state index < -0.39 is 0 Å². The van der Waals surface area contributed by atoms with Crippen LogP contribution in [0, 0.1) is 6.92 Å². The van der Waals surface area contributed by atoms with Crippen LogP contribution in [0.25, 0.3) is 0 Å². The molecule has 1 aliphatic rings. The summed E-state index contributed by atoms with van der Waals surface area (Å²) in [7, 11) is 1.53. The van der Waals surface area contributed by atoms with Crippen LogP contribution in [-0.2, 0) is 11.2 Å². The van der Waals surface area contributed by atoms with Crippen molar-refractivity contribution >= 4 is 11.7 Å². The Balaban J connectivity index is 1.49. The first-order chi connectivity index (χ1) is 12.1. The molecule has 2 aromatic rings. The predicted molar refractivity (Wildman–Crippen MR) is 93.7 cm³/mol. The van der Waals surface area contributed by atoms with Gasteiger partial charge in [-0.2, -0.15) is 0 Å². The second-order valence-corrected chi connectivity index (χ2v) is 6.33. The van der Waals surface area contributed by atoms with E-state index >= 15 is 0 Å². The summed E-state index contributed by atoms with van der Waals surface area (Å²) < 4.78 is 10.1. The van der Waals surface area contributed by atoms with Crippen LogP contribution in [0.5, 0.6) is 5.88 Å². The van der Waals surface area contributed by atoms with Gasteiger partial charge >= 0.3 is 0 Å². The fraction of sp³-hybridized carbons (Fsp3) is 0.500. The standard InChI is InChI=1S/C18H24N4O3/c1-13-5-3-7-16(19-13)22-10-4-6-14(12-22)20-17(23)9-8-15-11-18(24-2)21-25-15/h3,5,7,11,14H,4,6,8-10,12H2,1-2H3,(H,20,23). The van der Waals surface area contributed by atoms with E-state index in [0.29, 0.717) is 24.5 Å². The maximum atomic E-state index is 12.2. The molecule has 25 heavy (non-hydrogen) atoms. The average molecular weight is 344 g/mol. The van der Waals surface area contributed by atoms with Gasteiger partial charge in [-0.05, 0) is 37.1 Å². The van der Waals surface area contributed by atoms with E-state index in [9.17, 15) is 4.79 Å². The molecule has 0 spiro atoms. The van der Waals surface area contributed by atoms with E-state index in [4.69, 9.17) is 9.26 Å². The second-order valence-electron chi connectivity index (χ2n) is 6.33. The molecule has 0 radical (unpaired) electrons. The van der Waals surface area contributed by atoms with Crippen molar-refractivity contribution in [1.29, 1.82) is 0 Å². The Morgan fingerprint density at radius 3 is 3.12 bits per heavy atom. The summed E-state index contributed by atoms with van der Waals surface area (Å²) >= 11 is 0. The van der Waals surface area contributed by atoms with Gasteiger partial charge in [-0.1, -0.05) is 6.07 Å². The molecule has 1 amide bonds. The van der Waals surface area contributed by atoms with Crippen LogP contribution in [0.15, 0.2) is 28.8 Å². The van der Waals surface area contributed by atoms with Crippen molar-refractivity contribution in [3.05, 3.63) is 35.7 Å². The number of piperidine rings is 1. The van der Waals surface area contributed by atoms with Crippen LogP contribution in [0.1, 0.15) is 30.7 Å². The Morgan fingerprint density at radius 2 is 2.36 bits per heavy atom. The number of carbonyl (C=O) groups is 1. The third-order valence-corrected chi connectivity index (χ3v) is 4.33. The van der Waals surface area contributed by atoms with Gasteiger partial charge in [0, 0.05) is 43.7 Å². The van der Waals surface area contributed by atoms with E-state index in [1.54, 1.807) is 6.07 Å². The number of ether oxygens (including phenoxy) is 1. The molecule has 3 rings (SSSR count). The Bertz CT molecular complexity index is 716. The Hall–Kier alpha value is -2.57. The van der Waals surface area contributed by atoms with Gasteiger partial charge in [0.1, 0.15) is 11.6 Å². The molecule has 1 saturated heterocycles. The summed E-state index contributed by atoms with van der Waals surface area (Å²) in [5.74, 6) is 2.09. The number of rotatable bonds is 6. The molecule has 1 atom stereocenters. The lowest BCUT2D eigenvalue weighted by Crippen LogP contribution is -2.48. The summed E-state index contributed by atoms with van der Waals surface area (Å²) in [4.78, 5) is 19.0. The second kappa shape index (κ2) is 8.00. The van der Waals surface area contributed by atoms with Crippen molar-refractivity contribution in [1.82, 2.24) is 15.5 Å². The Labute approximate surface area is 147 Å². The molecule has 3 heterocycles. The van der Waals surface area contributed by atoms with Crippen molar-refractivity contribution < 1.29 is 14.1 Å². The lowest BCUT2D eigenvalue weighted by molar-refractivity contribution is -0.121. The number of hydrogen-bond acceptors (Lipinski definition) is 6. The number of aryl methyl sites for hydroxylation is 2. The van der Waals surface area contributed by atoms with Crippen molar-refractivity contribution in [2.75, 3.05) is 25.1 Å². The third kappa shape index (κ3) is 4.71. The number of pyridine rings is 1. The number of methoxy groups -OCH3 is 1. The van der Waals surface area contributed by atoms with Gasteiger partial charge in [0.2, 0.25) is 5.91 Å². The largest absolute Gasteiger partial charge is 0.479 e. The van der Waals surface area contributed by atoms with E-state index in [-0.39, 0.29) is 11.9 Å². The third-order valence-electron chi connectivity index (χ3n) is 4.33. The lowest BCUT2D eigenvalue weighted by Gasteiger charge is -2.34. The summed E-state index contributed by atoms with van der Waals surface area (Å²) in [5.41, 5.74) is 1.01. The first-order valence-electron chi connectivity index (χ1n) is 8.61. The summed E-state index contributed by atoms with van der Waals surface area (Å²) in [6.45, 7) is 3.75. The highest BCUT2D eigenvalue weighted by Gasteiger charge is 2.22. The highest BCUT2D eigenvalue weighted by atomic mass is 16.5. The molecule has 0 aliphatic carbocycles. The lowest BCUT2D eigenvalue weighted by atomic mass is 10.1. The zero-order chi connectivity index (χ0) is 17.6. The number of carbonyl (C=O) groups excluding carboxylic acids is 1. The van der Waals surface area contributed by atoms with Gasteiger partial charge in [-0.25, -0.2) is 4.98 Å². The molecule has 1 unspecified atom stereocenters. The molecule has 1 fully saturated rings. The van der Waals surface area contributed by atoms with Crippen molar-refractivity contribution in [2.24, 2.45) is 0 Å². The minimum Gasteiger partial charge on any atom is -0.479 e. The average Bonchev–Trinajstić information content (AvgIpc) is 3.08. The SMILES string of the molecule is COc1cc(CCC(=O)NC2CCCN(c3cccc(C)n3)C2)on1. The predicted octanol–water partition coefficient (Wildman–Crippen LogP) is 2.10. The van der Waals surface area contributed by atoms with Crippen LogP contribution in [-0.4, -0.2) is 42.3 Å². The van der Waals surface area contributed by atoms with Gasteiger partial charge in [-0.15, -0.1) is 0 Å². The minimum absolute atomic E-state index is 0.0272. The monoisotopic (exact) mass is 344 g/mol. The van der Waals surface area contributed by atoms with Crippen molar-refractivity contribution in [3.8, 4) is 5.88 Å². The number of nitrogens with one attached hydrogen (secondary N) is 1. The molecule has 7 nitrogen and oxygen atoms in total. The normalized spacial score (nSPS) is 17.4. The fourth-order valence-corrected chi connectivity index (χ4v) is 3.05. The molecule has 0 aromatic carbocycles. The van der Waals surface area contributed by atoms with Gasteiger partial charge in [0.05, 0.1) is 7.11 Å². The summed E-state index contributed by atoms with van der Waals surface area (Å²) in [6.07, 6.45) is 2.92. The maximum Gasteiger partial charge on any atom is 0.254 e. The molecule has 1 N–H and O–H groups in total. The topological polar surface area (TPSA) is 80.5 Å². The zero-order valence-corrected chi connectivity index (χ0v) is 14.7. The number of amides is 1. The fourth-order valence-electron chi connectivity index (χ4n) is 3.05. The van der Waals surface area contributed by atoms with E-state index in [1.165, 1.54) is 7.11 Å². The molecule has 1 aliphatic heterocycles. The molecule has 7 heteroatoms. The van der Waals surface area contributed by atoms with E-state index in [1.807, 2.05) is 25.1 Å². The van der Waals surface area contributed by atoms with Crippen molar-refractivity contribution in [2.45, 2.75) is 38.6 Å². The maximum absolute atomic E-state index is 12.2. The number of anilines is 1. The van der Waals surface area contributed by atoms with Crippen molar-refractivity contribution in [3.63, 3.8) is 0 Å². The molecular formula is C18H24N4O3. The minimum atomic E-state index is 0.0272. The molecule has 134 valence electrons. The molecule has 0 saturated carbocycles. The van der Waals surface area contributed by atoms with Gasteiger partial charge < -0.3 is 19.5 Å². The van der Waals surface area contributed by atoms with Crippen LogP contribution < -0.4 is 15.0 Å². The van der Waals surface area contributed by atoms with Crippen LogP contribution in [0.4, 0.5) is 5.82 Å². The zero-order valence-electron chi connectivity index (χ0n) is 14.7. The van der Waals surface area contributed by atoms with Gasteiger partial charge in [0.15, 0.2) is 0 Å². The first kappa shape index (κ1) is 17.3. The summed E-state index contributed by atoms with van der Waals surface area (Å²) in [6, 6.07) is 7.89. The Kier molecular flexibility index (Phi) is 5.53. The smallest absolute Gasteiger partial charge is 0.254 e. The van der Waals surface area contributed by atoms with Crippen LogP contribution in [0.3, 0.4) is 0 Å². The molecular weight excluding hydrogens is 320 g/mol. The number of hydrogen-bond donors (Lipinski definition) is 1. The highest BCUT2D eigenvalue weighted by Crippen LogP contribution is 2.18. The van der Waals surface area contributed by atoms with Crippen LogP contribution >= 0.6 is 0 Å². The Morgan fingerprint density at radius 1 is 1.48 bits per heavy atom. The van der Waals surface area contributed by atoms with Gasteiger partial charge in [-0.3, -0.25) is 4.79 Å². The van der Waals surface area contributed by atoms with Gasteiger partial charge in [0.25, 0.3) is 5.88 Å². The highest BCUT2D eigenvalue weighted by molar-refractivity contribution is 5.76.